The highest BCUT2D eigenvalue weighted by atomic mass is 35.5. The predicted octanol–water partition coefficient (Wildman–Crippen LogP) is 2.45. The maximum absolute atomic E-state index is 14.0. The number of nitrogens with zero attached hydrogens (tertiary/aromatic N) is 1. The molecule has 0 radical (unpaired) electrons. The zero-order chi connectivity index (χ0) is 15.8. The molecular weight excluding hydrogens is 325 g/mol. The van der Waals surface area contributed by atoms with E-state index in [0.717, 1.165) is 12.1 Å². The Bertz CT molecular complexity index is 815. The molecule has 0 fully saturated rings. The summed E-state index contributed by atoms with van der Waals surface area (Å²) in [6.45, 7) is 1.60. The molecule has 112 valence electrons. The molecule has 6 nitrogen and oxygen atoms in total. The second-order valence-corrected chi connectivity index (χ2v) is 6.66. The van der Waals surface area contributed by atoms with Crippen LogP contribution in [0.25, 0.3) is 0 Å². The van der Waals surface area contributed by atoms with Crippen LogP contribution in [0, 0.1) is 12.7 Å². The minimum atomic E-state index is -4.17. The second kappa shape index (κ2) is 5.45. The van der Waals surface area contributed by atoms with E-state index in [1.54, 1.807) is 6.92 Å². The SMILES string of the molecule is Cc1cc(CS(=O)(=O)c2cc(Cl)cc(C(=O)O)c2F)on1. The maximum atomic E-state index is 14.0. The van der Waals surface area contributed by atoms with Gasteiger partial charge in [-0.25, -0.2) is 17.6 Å². The van der Waals surface area contributed by atoms with Gasteiger partial charge in [0.1, 0.15) is 10.6 Å². The summed E-state index contributed by atoms with van der Waals surface area (Å²) in [5.74, 6) is -3.60. The van der Waals surface area contributed by atoms with Crippen LogP contribution in [0.4, 0.5) is 4.39 Å². The molecule has 0 unspecified atom stereocenters. The van der Waals surface area contributed by atoms with Crippen molar-refractivity contribution in [2.24, 2.45) is 0 Å². The van der Waals surface area contributed by atoms with E-state index in [4.69, 9.17) is 21.2 Å². The van der Waals surface area contributed by atoms with Crippen molar-refractivity contribution in [3.8, 4) is 0 Å². The van der Waals surface area contributed by atoms with Crippen molar-refractivity contribution in [2.45, 2.75) is 17.6 Å². The number of hydrogen-bond acceptors (Lipinski definition) is 5. The van der Waals surface area contributed by atoms with Gasteiger partial charge in [-0.2, -0.15) is 0 Å². The average molecular weight is 334 g/mol. The molecule has 9 heteroatoms. The van der Waals surface area contributed by atoms with Crippen LogP contribution < -0.4 is 0 Å². The second-order valence-electron chi connectivity index (χ2n) is 4.26. The van der Waals surface area contributed by atoms with Crippen molar-refractivity contribution < 1.29 is 27.2 Å². The molecule has 2 rings (SSSR count). The molecule has 0 aliphatic carbocycles. The summed E-state index contributed by atoms with van der Waals surface area (Å²) >= 11 is 5.65. The Morgan fingerprint density at radius 3 is 2.62 bits per heavy atom. The largest absolute Gasteiger partial charge is 0.478 e. The van der Waals surface area contributed by atoms with Crippen molar-refractivity contribution in [3.05, 3.63) is 46.1 Å². The topological polar surface area (TPSA) is 97.5 Å². The number of halogens is 2. The van der Waals surface area contributed by atoms with Crippen molar-refractivity contribution in [1.82, 2.24) is 5.16 Å². The van der Waals surface area contributed by atoms with E-state index in [-0.39, 0.29) is 10.8 Å². The first kappa shape index (κ1) is 15.5. The monoisotopic (exact) mass is 333 g/mol. The highest BCUT2D eigenvalue weighted by Gasteiger charge is 2.26. The minimum absolute atomic E-state index is 0.0174. The lowest BCUT2D eigenvalue weighted by Gasteiger charge is -2.07. The molecule has 1 N–H and O–H groups in total. The van der Waals surface area contributed by atoms with Crippen molar-refractivity contribution in [3.63, 3.8) is 0 Å². The molecule has 2 aromatic rings. The molecule has 0 saturated carbocycles. The average Bonchev–Trinajstić information content (AvgIpc) is 2.76. The molecule has 0 bridgehead atoms. The normalized spacial score (nSPS) is 11.6. The Hall–Kier alpha value is -1.93. The van der Waals surface area contributed by atoms with E-state index in [9.17, 15) is 17.6 Å². The number of aromatic nitrogens is 1. The lowest BCUT2D eigenvalue weighted by Crippen LogP contribution is -2.11. The molecule has 0 spiro atoms. The number of sulfone groups is 1. The molecule has 0 aliphatic heterocycles. The van der Waals surface area contributed by atoms with E-state index in [1.165, 1.54) is 6.07 Å². The van der Waals surface area contributed by atoms with Gasteiger partial charge in [-0.3, -0.25) is 0 Å². The molecule has 1 aromatic carbocycles. The fourth-order valence-corrected chi connectivity index (χ4v) is 3.33. The lowest BCUT2D eigenvalue weighted by molar-refractivity contribution is 0.0691. The lowest BCUT2D eigenvalue weighted by atomic mass is 10.2. The molecule has 0 saturated heterocycles. The van der Waals surface area contributed by atoms with Crippen LogP contribution >= 0.6 is 11.6 Å². The van der Waals surface area contributed by atoms with Crippen LogP contribution in [-0.2, 0) is 15.6 Å². The molecule has 0 amide bonds. The fourth-order valence-electron chi connectivity index (χ4n) is 1.70. The highest BCUT2D eigenvalue weighted by molar-refractivity contribution is 7.90. The van der Waals surface area contributed by atoms with Gasteiger partial charge in [-0.05, 0) is 19.1 Å². The van der Waals surface area contributed by atoms with Gasteiger partial charge in [0.2, 0.25) is 0 Å². The molecule has 0 atom stereocenters. The van der Waals surface area contributed by atoms with Crippen LogP contribution in [0.3, 0.4) is 0 Å². The van der Waals surface area contributed by atoms with E-state index in [1.807, 2.05) is 0 Å². The van der Waals surface area contributed by atoms with Crippen molar-refractivity contribution in [1.29, 1.82) is 0 Å². The summed E-state index contributed by atoms with van der Waals surface area (Å²) in [6.07, 6.45) is 0. The third-order valence-corrected chi connectivity index (χ3v) is 4.43. The van der Waals surface area contributed by atoms with Gasteiger partial charge in [0.25, 0.3) is 0 Å². The first-order chi connectivity index (χ1) is 9.70. The van der Waals surface area contributed by atoms with E-state index >= 15 is 0 Å². The summed E-state index contributed by atoms with van der Waals surface area (Å²) in [5.41, 5.74) is -0.340. The molecular formula is C12H9ClFNO5S. The first-order valence-corrected chi connectivity index (χ1v) is 7.61. The van der Waals surface area contributed by atoms with Gasteiger partial charge < -0.3 is 9.63 Å². The number of carbonyl (C=O) groups is 1. The smallest absolute Gasteiger partial charge is 0.338 e. The standard InChI is InChI=1S/C12H9ClFNO5S/c1-6-2-8(20-15-6)5-21(18,19)10-4-7(13)3-9(11(10)14)12(16)17/h2-4H,5H2,1H3,(H,16,17). The molecule has 1 aromatic heterocycles. The van der Waals surface area contributed by atoms with E-state index in [2.05, 4.69) is 5.16 Å². The van der Waals surface area contributed by atoms with Gasteiger partial charge >= 0.3 is 5.97 Å². The third-order valence-electron chi connectivity index (χ3n) is 2.58. The number of hydrogen-bond donors (Lipinski definition) is 1. The Kier molecular flexibility index (Phi) is 4.02. The van der Waals surface area contributed by atoms with Crippen molar-refractivity contribution in [2.75, 3.05) is 0 Å². The third kappa shape index (κ3) is 3.22. The van der Waals surface area contributed by atoms with E-state index < -0.39 is 37.8 Å². The maximum Gasteiger partial charge on any atom is 0.338 e. The number of rotatable bonds is 4. The first-order valence-electron chi connectivity index (χ1n) is 5.58. The van der Waals surface area contributed by atoms with Crippen LogP contribution in [0.15, 0.2) is 27.6 Å². The summed E-state index contributed by atoms with van der Waals surface area (Å²) in [5, 5.41) is 12.2. The molecule has 1 heterocycles. The Morgan fingerprint density at radius 2 is 2.10 bits per heavy atom. The minimum Gasteiger partial charge on any atom is -0.478 e. The summed E-state index contributed by atoms with van der Waals surface area (Å²) < 4.78 is 43.2. The zero-order valence-corrected chi connectivity index (χ0v) is 12.2. The highest BCUT2D eigenvalue weighted by Crippen LogP contribution is 2.26. The number of carboxylic acid groups (broad SMARTS) is 1. The molecule has 0 aliphatic rings. The fraction of sp³-hybridized carbons (Fsp3) is 0.167. The van der Waals surface area contributed by atoms with Gasteiger partial charge in [0.05, 0.1) is 11.3 Å². The number of carboxylic acids is 1. The van der Waals surface area contributed by atoms with Crippen LogP contribution in [0.5, 0.6) is 0 Å². The van der Waals surface area contributed by atoms with Crippen LogP contribution in [0.1, 0.15) is 21.8 Å². The summed E-state index contributed by atoms with van der Waals surface area (Å²) in [6, 6.07) is 3.09. The predicted molar refractivity (Wildman–Crippen MR) is 70.5 cm³/mol. The van der Waals surface area contributed by atoms with Crippen LogP contribution in [-0.4, -0.2) is 24.7 Å². The van der Waals surface area contributed by atoms with E-state index in [0.29, 0.717) is 5.69 Å². The number of aryl methyl sites for hydroxylation is 1. The summed E-state index contributed by atoms with van der Waals surface area (Å²) in [7, 11) is -4.17. The van der Waals surface area contributed by atoms with Gasteiger partial charge in [0.15, 0.2) is 21.4 Å². The zero-order valence-electron chi connectivity index (χ0n) is 10.6. The number of aromatic carboxylic acids is 1. The Balaban J connectivity index is 2.52. The van der Waals surface area contributed by atoms with Crippen LogP contribution in [0.2, 0.25) is 5.02 Å². The van der Waals surface area contributed by atoms with Crippen molar-refractivity contribution >= 4 is 27.4 Å². The summed E-state index contributed by atoms with van der Waals surface area (Å²) in [4.78, 5) is 10.1. The van der Waals surface area contributed by atoms with Gasteiger partial charge in [-0.1, -0.05) is 16.8 Å². The quantitative estimate of drug-likeness (QED) is 0.923. The Morgan fingerprint density at radius 1 is 1.43 bits per heavy atom. The Labute approximate surface area is 124 Å². The van der Waals surface area contributed by atoms with Gasteiger partial charge in [0, 0.05) is 11.1 Å². The molecule has 21 heavy (non-hydrogen) atoms. The number of benzene rings is 1. The van der Waals surface area contributed by atoms with Gasteiger partial charge in [-0.15, -0.1) is 0 Å².